The van der Waals surface area contributed by atoms with E-state index in [9.17, 15) is 14.9 Å². The first-order valence-corrected chi connectivity index (χ1v) is 6.42. The molecule has 2 rings (SSSR count). The maximum absolute atomic E-state index is 12.1. The lowest BCUT2D eigenvalue weighted by Crippen LogP contribution is -2.24. The number of benzene rings is 2. The van der Waals surface area contributed by atoms with Crippen molar-refractivity contribution in [3.8, 4) is 0 Å². The lowest BCUT2D eigenvalue weighted by Gasteiger charge is -2.09. The van der Waals surface area contributed by atoms with Crippen LogP contribution in [0.25, 0.3) is 0 Å². The Balaban J connectivity index is 2.14. The molecule has 0 aliphatic rings. The van der Waals surface area contributed by atoms with Crippen LogP contribution in [-0.4, -0.2) is 10.8 Å². The van der Waals surface area contributed by atoms with E-state index >= 15 is 0 Å². The van der Waals surface area contributed by atoms with Gasteiger partial charge in [-0.25, -0.2) is 0 Å². The topological polar surface area (TPSA) is 98.3 Å². The van der Waals surface area contributed by atoms with Crippen LogP contribution in [0.1, 0.15) is 21.5 Å². The number of hydrogen-bond acceptors (Lipinski definition) is 4. The summed E-state index contributed by atoms with van der Waals surface area (Å²) in [6, 6.07) is 13.3. The molecule has 0 saturated heterocycles. The van der Waals surface area contributed by atoms with E-state index in [1.807, 2.05) is 24.3 Å². The molecule has 2 aromatic carbocycles. The molecule has 3 N–H and O–H groups in total. The van der Waals surface area contributed by atoms with Gasteiger partial charge in [-0.05, 0) is 17.2 Å². The highest BCUT2D eigenvalue weighted by Gasteiger charge is 2.18. The minimum atomic E-state index is -0.567. The van der Waals surface area contributed by atoms with Crippen LogP contribution in [-0.2, 0) is 13.1 Å². The largest absolute Gasteiger partial charge is 0.348 e. The summed E-state index contributed by atoms with van der Waals surface area (Å²) in [6.45, 7) is 0.649. The van der Waals surface area contributed by atoms with Crippen LogP contribution >= 0.6 is 0 Å². The van der Waals surface area contributed by atoms with Crippen LogP contribution in [0.4, 0.5) is 5.69 Å². The summed E-state index contributed by atoms with van der Waals surface area (Å²) in [5.74, 6) is -0.478. The zero-order valence-electron chi connectivity index (χ0n) is 11.3. The molecule has 1 amide bonds. The Morgan fingerprint density at radius 1 is 1.10 bits per heavy atom. The monoisotopic (exact) mass is 285 g/mol. The highest BCUT2D eigenvalue weighted by Crippen LogP contribution is 2.17. The van der Waals surface area contributed by atoms with Crippen molar-refractivity contribution in [2.75, 3.05) is 0 Å². The molecule has 0 aliphatic carbocycles. The number of para-hydroxylation sites is 1. The second-order valence-electron chi connectivity index (χ2n) is 4.43. The number of amides is 1. The molecule has 0 saturated carbocycles. The summed E-state index contributed by atoms with van der Waals surface area (Å²) in [5.41, 5.74) is 7.30. The maximum Gasteiger partial charge on any atom is 0.282 e. The second-order valence-corrected chi connectivity index (χ2v) is 4.43. The first-order valence-electron chi connectivity index (χ1n) is 6.42. The zero-order chi connectivity index (χ0) is 15.2. The number of carbonyl (C=O) groups is 1. The van der Waals surface area contributed by atoms with Crippen LogP contribution in [0.3, 0.4) is 0 Å². The first-order chi connectivity index (χ1) is 10.1. The fourth-order valence-electron chi connectivity index (χ4n) is 2.02. The van der Waals surface area contributed by atoms with Gasteiger partial charge in [0.05, 0.1) is 4.92 Å². The van der Waals surface area contributed by atoms with Gasteiger partial charge in [-0.3, -0.25) is 14.9 Å². The van der Waals surface area contributed by atoms with Crippen LogP contribution in [0.2, 0.25) is 0 Å². The highest BCUT2D eigenvalue weighted by atomic mass is 16.6. The summed E-state index contributed by atoms with van der Waals surface area (Å²) in [4.78, 5) is 22.4. The molecule has 108 valence electrons. The average Bonchev–Trinajstić information content (AvgIpc) is 2.52. The van der Waals surface area contributed by atoms with E-state index in [1.165, 1.54) is 18.2 Å². The number of nitrogens with two attached hydrogens (primary N) is 1. The van der Waals surface area contributed by atoms with E-state index in [-0.39, 0.29) is 17.8 Å². The molecule has 0 radical (unpaired) electrons. The summed E-state index contributed by atoms with van der Waals surface area (Å²) in [5, 5.41) is 13.6. The third kappa shape index (κ3) is 3.43. The Morgan fingerprint density at radius 3 is 2.38 bits per heavy atom. The standard InChI is InChI=1S/C15H15N3O3/c16-9-11-5-1-2-6-12(11)10-17-15(19)13-7-3-4-8-14(13)18(20)21/h1-8H,9-10,16H2,(H,17,19). The molecule has 0 heterocycles. The summed E-state index contributed by atoms with van der Waals surface area (Å²) < 4.78 is 0. The quantitative estimate of drug-likeness (QED) is 0.648. The summed E-state index contributed by atoms with van der Waals surface area (Å²) in [7, 11) is 0. The van der Waals surface area contributed by atoms with Gasteiger partial charge in [-0.15, -0.1) is 0 Å². The van der Waals surface area contributed by atoms with E-state index in [2.05, 4.69) is 5.32 Å². The Hall–Kier alpha value is -2.73. The van der Waals surface area contributed by atoms with Gasteiger partial charge in [0.25, 0.3) is 11.6 Å². The molecule has 2 aromatic rings. The molecule has 0 bridgehead atoms. The average molecular weight is 285 g/mol. The van der Waals surface area contributed by atoms with Gasteiger partial charge < -0.3 is 11.1 Å². The highest BCUT2D eigenvalue weighted by molar-refractivity contribution is 5.98. The van der Waals surface area contributed by atoms with Crippen molar-refractivity contribution in [1.82, 2.24) is 5.32 Å². The van der Waals surface area contributed by atoms with Crippen LogP contribution in [0.5, 0.6) is 0 Å². The van der Waals surface area contributed by atoms with E-state index in [1.54, 1.807) is 6.07 Å². The van der Waals surface area contributed by atoms with E-state index in [0.29, 0.717) is 6.54 Å². The van der Waals surface area contributed by atoms with Crippen LogP contribution in [0, 0.1) is 10.1 Å². The molecule has 6 nitrogen and oxygen atoms in total. The zero-order valence-corrected chi connectivity index (χ0v) is 11.3. The number of nitrogens with zero attached hydrogens (tertiary/aromatic N) is 1. The molecule has 6 heteroatoms. The maximum atomic E-state index is 12.1. The van der Waals surface area contributed by atoms with Crippen LogP contribution in [0.15, 0.2) is 48.5 Å². The normalized spacial score (nSPS) is 10.1. The van der Waals surface area contributed by atoms with Gasteiger partial charge in [0.15, 0.2) is 0 Å². The molecule has 0 fully saturated rings. The van der Waals surface area contributed by atoms with E-state index < -0.39 is 10.8 Å². The molecular weight excluding hydrogens is 270 g/mol. The van der Waals surface area contributed by atoms with Gasteiger partial charge in [-0.2, -0.15) is 0 Å². The first kappa shape index (κ1) is 14.7. The van der Waals surface area contributed by atoms with Crippen molar-refractivity contribution in [2.45, 2.75) is 13.1 Å². The van der Waals surface area contributed by atoms with Gasteiger partial charge in [0, 0.05) is 19.2 Å². The van der Waals surface area contributed by atoms with Crippen molar-refractivity contribution in [3.63, 3.8) is 0 Å². The number of carbonyl (C=O) groups excluding carboxylic acids is 1. The lowest BCUT2D eigenvalue weighted by atomic mass is 10.1. The third-order valence-corrected chi connectivity index (χ3v) is 3.12. The minimum absolute atomic E-state index is 0.0488. The Morgan fingerprint density at radius 2 is 1.71 bits per heavy atom. The minimum Gasteiger partial charge on any atom is -0.348 e. The van der Waals surface area contributed by atoms with Crippen molar-refractivity contribution in [2.24, 2.45) is 5.73 Å². The number of nitro groups is 1. The Kier molecular flexibility index (Phi) is 4.63. The van der Waals surface area contributed by atoms with E-state index in [4.69, 9.17) is 5.73 Å². The fourth-order valence-corrected chi connectivity index (χ4v) is 2.02. The van der Waals surface area contributed by atoms with Gasteiger partial charge in [0.1, 0.15) is 5.56 Å². The molecular formula is C15H15N3O3. The molecule has 0 atom stereocenters. The SMILES string of the molecule is NCc1ccccc1CNC(=O)c1ccccc1[N+](=O)[O-]. The number of nitrogens with one attached hydrogen (secondary N) is 1. The molecule has 0 aromatic heterocycles. The summed E-state index contributed by atoms with van der Waals surface area (Å²) in [6.07, 6.45) is 0. The van der Waals surface area contributed by atoms with Crippen molar-refractivity contribution in [3.05, 3.63) is 75.3 Å². The predicted molar refractivity (Wildman–Crippen MR) is 78.6 cm³/mol. The lowest BCUT2D eigenvalue weighted by molar-refractivity contribution is -0.385. The Bertz CT molecular complexity index is 671. The van der Waals surface area contributed by atoms with Crippen molar-refractivity contribution < 1.29 is 9.72 Å². The second kappa shape index (κ2) is 6.62. The van der Waals surface area contributed by atoms with E-state index in [0.717, 1.165) is 11.1 Å². The van der Waals surface area contributed by atoms with Crippen molar-refractivity contribution >= 4 is 11.6 Å². The van der Waals surface area contributed by atoms with Crippen molar-refractivity contribution in [1.29, 1.82) is 0 Å². The smallest absolute Gasteiger partial charge is 0.282 e. The van der Waals surface area contributed by atoms with Crippen LogP contribution < -0.4 is 11.1 Å². The molecule has 0 spiro atoms. The molecule has 0 aliphatic heterocycles. The Labute approximate surface area is 121 Å². The third-order valence-electron chi connectivity index (χ3n) is 3.12. The number of nitro benzene ring substituents is 1. The molecule has 0 unspecified atom stereocenters. The molecule has 21 heavy (non-hydrogen) atoms. The fraction of sp³-hybridized carbons (Fsp3) is 0.133. The summed E-state index contributed by atoms with van der Waals surface area (Å²) >= 11 is 0. The predicted octanol–water partition coefficient (Wildman–Crippen LogP) is 1.98. The number of hydrogen-bond donors (Lipinski definition) is 2. The van der Waals surface area contributed by atoms with Gasteiger partial charge >= 0.3 is 0 Å². The van der Waals surface area contributed by atoms with Gasteiger partial charge in [-0.1, -0.05) is 36.4 Å². The van der Waals surface area contributed by atoms with Gasteiger partial charge in [0.2, 0.25) is 0 Å². The number of rotatable bonds is 5.